The average Bonchev–Trinajstić information content (AvgIpc) is 3.72. The summed E-state index contributed by atoms with van der Waals surface area (Å²) in [7, 11) is 0. The number of hydrogen-bond donors (Lipinski definition) is 0. The van der Waals surface area contributed by atoms with E-state index in [2.05, 4.69) is 173 Å². The molecule has 6 aromatic carbocycles. The van der Waals surface area contributed by atoms with Gasteiger partial charge in [-0.2, -0.15) is 0 Å². The van der Waals surface area contributed by atoms with Gasteiger partial charge in [0.15, 0.2) is 5.82 Å². The van der Waals surface area contributed by atoms with Crippen molar-refractivity contribution in [2.24, 2.45) is 0 Å². The molecule has 2 aliphatic rings. The van der Waals surface area contributed by atoms with Gasteiger partial charge in [-0.1, -0.05) is 133 Å². The first-order valence-corrected chi connectivity index (χ1v) is 17.2. The van der Waals surface area contributed by atoms with Gasteiger partial charge in [-0.05, 0) is 54.5 Å². The average molecular weight is 641 g/mol. The highest BCUT2D eigenvalue weighted by Gasteiger charge is 2.38. The van der Waals surface area contributed by atoms with Gasteiger partial charge in [-0.25, -0.2) is 9.97 Å². The molecular weight excluding hydrogens is 609 g/mol. The molecule has 0 spiro atoms. The Hall–Kier alpha value is -6.52. The molecule has 50 heavy (non-hydrogen) atoms. The lowest BCUT2D eigenvalue weighted by molar-refractivity contribution is 0.820. The maximum atomic E-state index is 5.17. The number of rotatable bonds is 5. The molecular formula is C46H32N4. The molecule has 0 fully saturated rings. The summed E-state index contributed by atoms with van der Waals surface area (Å²) < 4.78 is 2.45. The normalized spacial score (nSPS) is 14.9. The van der Waals surface area contributed by atoms with E-state index in [9.17, 15) is 0 Å². The van der Waals surface area contributed by atoms with Gasteiger partial charge in [0.25, 0.3) is 0 Å². The molecule has 2 aromatic heterocycles. The van der Waals surface area contributed by atoms with Crippen molar-refractivity contribution in [2.45, 2.75) is 12.3 Å². The summed E-state index contributed by atoms with van der Waals surface area (Å²) in [5.74, 6) is 0.977. The Labute approximate surface area is 290 Å². The van der Waals surface area contributed by atoms with Crippen molar-refractivity contribution >= 4 is 33.2 Å². The zero-order valence-electron chi connectivity index (χ0n) is 27.3. The smallest absolute Gasteiger partial charge is 0.160 e. The molecule has 1 atom stereocenters. The first-order valence-electron chi connectivity index (χ1n) is 17.2. The number of fused-ring (bicyclic) bond motifs is 7. The van der Waals surface area contributed by atoms with Crippen molar-refractivity contribution in [3.63, 3.8) is 0 Å². The number of anilines is 2. The monoisotopic (exact) mass is 640 g/mol. The third-order valence-electron chi connectivity index (χ3n) is 10.1. The second-order valence-electron chi connectivity index (χ2n) is 13.0. The maximum absolute atomic E-state index is 5.17. The van der Waals surface area contributed by atoms with Gasteiger partial charge in [0, 0.05) is 50.5 Å². The Morgan fingerprint density at radius 3 is 1.92 bits per heavy atom. The molecule has 0 radical (unpaired) electrons. The molecule has 236 valence electrons. The molecule has 4 heteroatoms. The van der Waals surface area contributed by atoms with Crippen LogP contribution in [-0.4, -0.2) is 14.5 Å². The number of hydrogen-bond acceptors (Lipinski definition) is 3. The predicted octanol–water partition coefficient (Wildman–Crippen LogP) is 11.7. The van der Waals surface area contributed by atoms with E-state index < -0.39 is 0 Å². The Bertz CT molecular complexity index is 2560. The fourth-order valence-electron chi connectivity index (χ4n) is 7.83. The highest BCUT2D eigenvalue weighted by molar-refractivity contribution is 6.15. The molecule has 0 N–H and O–H groups in total. The number of allylic oxidation sites excluding steroid dienone is 4. The van der Waals surface area contributed by atoms with Gasteiger partial charge in [0.05, 0.1) is 28.1 Å². The maximum Gasteiger partial charge on any atom is 0.160 e. The van der Waals surface area contributed by atoms with Crippen LogP contribution >= 0.6 is 0 Å². The zero-order valence-corrected chi connectivity index (χ0v) is 27.3. The quantitative estimate of drug-likeness (QED) is 0.188. The number of para-hydroxylation sites is 2. The van der Waals surface area contributed by atoms with Crippen LogP contribution in [0.15, 0.2) is 182 Å². The van der Waals surface area contributed by atoms with E-state index in [1.165, 1.54) is 38.8 Å². The van der Waals surface area contributed by atoms with Crippen molar-refractivity contribution in [1.29, 1.82) is 0 Å². The van der Waals surface area contributed by atoms with Gasteiger partial charge < -0.3 is 9.47 Å². The molecule has 0 saturated carbocycles. The SMILES string of the molecule is C1=CCC2C(=C1)N(c1cccc(-c3nc(-c4ccccc4)cc(-c4ccccc4)n3)c1)c1c2ccc2c3ccccc3n(-c3ccccc3)c12. The summed E-state index contributed by atoms with van der Waals surface area (Å²) in [6, 6.07) is 55.8. The topological polar surface area (TPSA) is 34.0 Å². The minimum absolute atomic E-state index is 0.271. The molecule has 0 amide bonds. The standard InChI is InChI=1S/C46H32N4/c1-4-15-31(16-5-1)40-30-41(32-17-6-2-7-18-32)48-46(47-40)33-19-14-22-35(29-33)50-43-26-13-11-24-37(43)39-28-27-38-36-23-10-12-25-42(36)49(44(38)45(39)50)34-20-8-3-9-21-34/h1-23,25-30,37H,24H2. The summed E-state index contributed by atoms with van der Waals surface area (Å²) in [6.07, 6.45) is 7.76. The Morgan fingerprint density at radius 1 is 0.540 bits per heavy atom. The zero-order chi connectivity index (χ0) is 33.0. The summed E-state index contributed by atoms with van der Waals surface area (Å²) in [4.78, 5) is 12.8. The van der Waals surface area contributed by atoms with Crippen LogP contribution in [0.5, 0.6) is 0 Å². The molecule has 4 nitrogen and oxygen atoms in total. The number of nitrogens with zero attached hydrogens (tertiary/aromatic N) is 4. The lowest BCUT2D eigenvalue weighted by Gasteiger charge is -2.26. The number of benzene rings is 6. The first kappa shape index (κ1) is 28.5. The molecule has 8 aromatic rings. The van der Waals surface area contributed by atoms with Crippen LogP contribution in [0, 0.1) is 0 Å². The van der Waals surface area contributed by atoms with Crippen LogP contribution in [0.4, 0.5) is 11.4 Å². The van der Waals surface area contributed by atoms with Gasteiger partial charge in [-0.3, -0.25) is 0 Å². The minimum atomic E-state index is 0.271. The van der Waals surface area contributed by atoms with Crippen LogP contribution in [-0.2, 0) is 0 Å². The summed E-state index contributed by atoms with van der Waals surface area (Å²) in [5, 5.41) is 2.51. The Balaban J connectivity index is 1.21. The molecule has 1 aliphatic carbocycles. The summed E-state index contributed by atoms with van der Waals surface area (Å²) >= 11 is 0. The molecule has 10 rings (SSSR count). The largest absolute Gasteiger partial charge is 0.311 e. The highest BCUT2D eigenvalue weighted by atomic mass is 15.2. The second-order valence-corrected chi connectivity index (χ2v) is 13.0. The van der Waals surface area contributed by atoms with Crippen molar-refractivity contribution < 1.29 is 0 Å². The van der Waals surface area contributed by atoms with Gasteiger partial charge in [0.1, 0.15) is 0 Å². The van der Waals surface area contributed by atoms with E-state index in [1.54, 1.807) is 0 Å². The van der Waals surface area contributed by atoms with E-state index in [1.807, 2.05) is 12.1 Å². The predicted molar refractivity (Wildman–Crippen MR) is 206 cm³/mol. The van der Waals surface area contributed by atoms with E-state index in [0.717, 1.165) is 45.9 Å². The first-order chi connectivity index (χ1) is 24.8. The van der Waals surface area contributed by atoms with Crippen LogP contribution < -0.4 is 4.90 Å². The molecule has 3 heterocycles. The molecule has 0 bridgehead atoms. The van der Waals surface area contributed by atoms with Crippen LogP contribution in [0.3, 0.4) is 0 Å². The lowest BCUT2D eigenvalue weighted by Crippen LogP contribution is -2.15. The summed E-state index contributed by atoms with van der Waals surface area (Å²) in [6.45, 7) is 0. The molecule has 1 aliphatic heterocycles. The van der Waals surface area contributed by atoms with Crippen LogP contribution in [0.25, 0.3) is 61.4 Å². The van der Waals surface area contributed by atoms with Gasteiger partial charge in [-0.15, -0.1) is 0 Å². The Kier molecular flexibility index (Phi) is 6.59. The lowest BCUT2D eigenvalue weighted by atomic mass is 9.91. The second kappa shape index (κ2) is 11.6. The van der Waals surface area contributed by atoms with Crippen molar-refractivity contribution in [2.75, 3.05) is 4.90 Å². The van der Waals surface area contributed by atoms with E-state index in [4.69, 9.17) is 9.97 Å². The van der Waals surface area contributed by atoms with Crippen LogP contribution in [0.2, 0.25) is 0 Å². The van der Waals surface area contributed by atoms with E-state index in [-0.39, 0.29) is 5.92 Å². The van der Waals surface area contributed by atoms with Gasteiger partial charge >= 0.3 is 0 Å². The third kappa shape index (κ3) is 4.53. The third-order valence-corrected chi connectivity index (χ3v) is 10.1. The van der Waals surface area contributed by atoms with Gasteiger partial charge in [0.2, 0.25) is 0 Å². The molecule has 1 unspecified atom stereocenters. The van der Waals surface area contributed by atoms with Crippen LogP contribution in [0.1, 0.15) is 17.9 Å². The summed E-state index contributed by atoms with van der Waals surface area (Å²) in [5.41, 5.74) is 13.5. The highest BCUT2D eigenvalue weighted by Crippen LogP contribution is 2.55. The number of aromatic nitrogens is 3. The molecule has 0 saturated heterocycles. The van der Waals surface area contributed by atoms with Crippen molar-refractivity contribution in [3.05, 3.63) is 187 Å². The fraction of sp³-hybridized carbons (Fsp3) is 0.0435. The van der Waals surface area contributed by atoms with Crippen molar-refractivity contribution in [1.82, 2.24) is 14.5 Å². The fourth-order valence-corrected chi connectivity index (χ4v) is 7.83. The Morgan fingerprint density at radius 2 is 1.18 bits per heavy atom. The minimum Gasteiger partial charge on any atom is -0.311 e. The van der Waals surface area contributed by atoms with E-state index in [0.29, 0.717) is 5.82 Å². The van der Waals surface area contributed by atoms with Crippen molar-refractivity contribution in [3.8, 4) is 39.6 Å². The van der Waals surface area contributed by atoms with E-state index >= 15 is 0 Å².